The van der Waals surface area contributed by atoms with E-state index in [9.17, 15) is 32.7 Å². The Hall–Kier alpha value is -6.15. The Bertz CT molecular complexity index is 2330. The third-order valence-corrected chi connectivity index (χ3v) is 12.4. The van der Waals surface area contributed by atoms with Crippen molar-refractivity contribution in [3.63, 3.8) is 0 Å². The lowest BCUT2D eigenvalue weighted by molar-refractivity contribution is -0.274. The molecule has 3 aliphatic heterocycles. The maximum absolute atomic E-state index is 15.3. The number of aryl methyl sites for hydroxylation is 1. The number of hydrogen-bond donors (Lipinski definition) is 2. The van der Waals surface area contributed by atoms with Crippen LogP contribution < -0.4 is 20.0 Å². The normalized spacial score (nSPS) is 26.9. The summed E-state index contributed by atoms with van der Waals surface area (Å²) in [6.07, 6.45) is -3.24. The molecule has 4 amide bonds. The Balaban J connectivity index is 1.18. The topological polar surface area (TPSA) is 129 Å². The molecule has 6 atom stereocenters. The van der Waals surface area contributed by atoms with E-state index in [0.717, 1.165) is 34.5 Å². The lowest BCUT2D eigenvalue weighted by Crippen LogP contribution is -2.53. The number of anilines is 3. The van der Waals surface area contributed by atoms with Crippen LogP contribution in [0.2, 0.25) is 0 Å². The minimum absolute atomic E-state index is 0.0304. The van der Waals surface area contributed by atoms with Crippen LogP contribution in [0, 0.1) is 30.6 Å². The van der Waals surface area contributed by atoms with Crippen LogP contribution in [0.25, 0.3) is 0 Å². The molecule has 58 heavy (non-hydrogen) atoms. The van der Waals surface area contributed by atoms with Gasteiger partial charge in [-0.3, -0.25) is 29.5 Å². The molecule has 0 aromatic heterocycles. The molecule has 0 radical (unpaired) electrons. The number of carbonyl (C=O) groups excluding carboxylic acids is 4. The van der Waals surface area contributed by atoms with Gasteiger partial charge in [-0.25, -0.2) is 0 Å². The van der Waals surface area contributed by atoms with Gasteiger partial charge in [-0.1, -0.05) is 59.7 Å². The second-order valence-corrected chi connectivity index (χ2v) is 15.5. The lowest BCUT2D eigenvalue weighted by atomic mass is 9.49. The highest BCUT2D eigenvalue weighted by Crippen LogP contribution is 2.65. The molecular formula is C44H39F3N4O7. The maximum atomic E-state index is 15.3. The molecule has 0 spiro atoms. The third kappa shape index (κ3) is 6.00. The number of hydrazine groups is 1. The number of fused-ring (bicyclic) bond motifs is 4. The zero-order valence-corrected chi connectivity index (χ0v) is 31.3. The molecule has 2 N–H and O–H groups in total. The number of carbonyl (C=O) groups is 4. The van der Waals surface area contributed by atoms with E-state index in [1.807, 2.05) is 31.2 Å². The van der Waals surface area contributed by atoms with Crippen LogP contribution in [-0.2, 0) is 29.3 Å². The Morgan fingerprint density at radius 1 is 0.828 bits per heavy atom. The predicted octanol–water partition coefficient (Wildman–Crippen LogP) is 6.63. The number of allylic oxidation sites excluding steroid dienone is 2. The number of nitrogens with one attached hydrogen (secondary N) is 1. The van der Waals surface area contributed by atoms with Crippen molar-refractivity contribution in [2.75, 3.05) is 41.5 Å². The Morgan fingerprint density at radius 2 is 1.52 bits per heavy atom. The summed E-state index contributed by atoms with van der Waals surface area (Å²) in [5.74, 6) is -8.24. The number of phenolic OH excluding ortho intramolecular Hbond substituents is 1. The molecule has 14 heteroatoms. The highest BCUT2D eigenvalue weighted by molar-refractivity contribution is 6.22. The first-order valence-corrected chi connectivity index (χ1v) is 19.2. The molecule has 0 bridgehead atoms. The van der Waals surface area contributed by atoms with Crippen molar-refractivity contribution in [3.8, 4) is 11.5 Å². The molecule has 3 saturated heterocycles. The summed E-state index contributed by atoms with van der Waals surface area (Å²) in [5.41, 5.74) is 4.67. The van der Waals surface area contributed by atoms with E-state index < -0.39 is 76.5 Å². The number of nitrogens with zero attached hydrogens (tertiary/aromatic N) is 3. The molecule has 1 saturated carbocycles. The Labute approximate surface area is 331 Å². The van der Waals surface area contributed by atoms with Gasteiger partial charge in [0.05, 0.1) is 47.8 Å². The Morgan fingerprint density at radius 3 is 2.21 bits per heavy atom. The zero-order valence-electron chi connectivity index (χ0n) is 31.3. The molecule has 3 heterocycles. The molecule has 9 rings (SSSR count). The van der Waals surface area contributed by atoms with Gasteiger partial charge in [0.25, 0.3) is 11.8 Å². The third-order valence-electron chi connectivity index (χ3n) is 12.4. The van der Waals surface area contributed by atoms with Crippen LogP contribution in [-0.4, -0.2) is 66.4 Å². The summed E-state index contributed by atoms with van der Waals surface area (Å²) in [6, 6.07) is 25.8. The first kappa shape index (κ1) is 37.4. The highest BCUT2D eigenvalue weighted by Gasteiger charge is 2.70. The number of amides is 4. The minimum atomic E-state index is -5.07. The van der Waals surface area contributed by atoms with E-state index in [1.54, 1.807) is 60.7 Å². The van der Waals surface area contributed by atoms with Crippen molar-refractivity contribution >= 4 is 40.7 Å². The fourth-order valence-electron chi connectivity index (χ4n) is 9.94. The molecule has 4 fully saturated rings. The van der Waals surface area contributed by atoms with Gasteiger partial charge in [0.15, 0.2) is 0 Å². The van der Waals surface area contributed by atoms with Gasteiger partial charge in [-0.15, -0.1) is 13.2 Å². The molecule has 298 valence electrons. The SMILES string of the molecule is Cc1ccc(NN2C(=O)[C@@H]3C[C@@H]4C(=CC[C@@H]5C(=O)N(c6ccc(N7CCOCC7)cc6)C(=O)[C@@H]54)[C@H](c4cc(OC(F)(F)F)ccc4O)[C@]3(c3ccccc3)C2=O)cc1. The smallest absolute Gasteiger partial charge is 0.508 e. The number of phenols is 1. The number of alkyl halides is 3. The first-order valence-electron chi connectivity index (χ1n) is 19.2. The molecule has 4 aromatic carbocycles. The predicted molar refractivity (Wildman–Crippen MR) is 206 cm³/mol. The number of ether oxygens (including phenoxy) is 2. The molecule has 11 nitrogen and oxygen atoms in total. The molecule has 5 aliphatic rings. The van der Waals surface area contributed by atoms with Crippen molar-refractivity contribution < 1.29 is 46.9 Å². The van der Waals surface area contributed by atoms with Gasteiger partial charge < -0.3 is 19.5 Å². The largest absolute Gasteiger partial charge is 0.573 e. The van der Waals surface area contributed by atoms with E-state index in [-0.39, 0.29) is 18.4 Å². The average Bonchev–Trinajstić information content (AvgIpc) is 3.60. The number of imide groups is 2. The number of halogens is 3. The maximum Gasteiger partial charge on any atom is 0.573 e. The van der Waals surface area contributed by atoms with Crippen molar-refractivity contribution in [1.29, 1.82) is 0 Å². The fraction of sp³-hybridized carbons (Fsp3) is 0.318. The Kier molecular flexibility index (Phi) is 9.06. The fourth-order valence-corrected chi connectivity index (χ4v) is 9.94. The zero-order chi connectivity index (χ0) is 40.5. The van der Waals surface area contributed by atoms with Crippen LogP contribution in [0.5, 0.6) is 11.5 Å². The number of aromatic hydroxyl groups is 1. The van der Waals surface area contributed by atoms with Crippen LogP contribution in [0.4, 0.5) is 30.2 Å². The number of rotatable bonds is 7. The van der Waals surface area contributed by atoms with Crippen LogP contribution in [0.15, 0.2) is 109 Å². The number of morpholine rings is 1. The van der Waals surface area contributed by atoms with Gasteiger partial charge in [0, 0.05) is 30.3 Å². The van der Waals surface area contributed by atoms with Crippen LogP contribution >= 0.6 is 0 Å². The minimum Gasteiger partial charge on any atom is -0.508 e. The van der Waals surface area contributed by atoms with Crippen LogP contribution in [0.1, 0.15) is 35.4 Å². The van der Waals surface area contributed by atoms with Crippen molar-refractivity contribution in [3.05, 3.63) is 125 Å². The standard InChI is InChI=1S/C44H39F3N4O7/c1-25-7-9-27(10-8-25)48-51-40(54)35-24-33-31(16-17-32-37(33)41(55)50(39(32)53)29-13-11-28(12-14-29)49-19-21-57-22-20-49)38(43(35,42(51)56)26-5-3-2-4-6-26)34-23-30(15-18-36(34)52)58-44(45,46)47/h2-16,18,23,32-33,35,37-38,48,52H,17,19-22,24H2,1H3/t32-,33+,35-,37-,38+,43+/m0/s1. The quantitative estimate of drug-likeness (QED) is 0.157. The second-order valence-electron chi connectivity index (χ2n) is 15.5. The second kappa shape index (κ2) is 14.0. The van der Waals surface area contributed by atoms with Gasteiger partial charge >= 0.3 is 6.36 Å². The van der Waals surface area contributed by atoms with Gasteiger partial charge in [0.2, 0.25) is 11.8 Å². The summed E-state index contributed by atoms with van der Waals surface area (Å²) >= 11 is 0. The number of benzene rings is 4. The van der Waals surface area contributed by atoms with Crippen molar-refractivity contribution in [2.24, 2.45) is 23.7 Å². The van der Waals surface area contributed by atoms with Gasteiger partial charge in [-0.2, -0.15) is 5.01 Å². The van der Waals surface area contributed by atoms with Crippen molar-refractivity contribution in [1.82, 2.24) is 5.01 Å². The number of hydrogen-bond acceptors (Lipinski definition) is 9. The molecular weight excluding hydrogens is 753 g/mol. The molecule has 2 aliphatic carbocycles. The van der Waals surface area contributed by atoms with Gasteiger partial charge in [0.1, 0.15) is 11.5 Å². The summed E-state index contributed by atoms with van der Waals surface area (Å²) in [7, 11) is 0. The highest BCUT2D eigenvalue weighted by atomic mass is 19.4. The van der Waals surface area contributed by atoms with Gasteiger partial charge in [-0.05, 0) is 85.8 Å². The lowest BCUT2D eigenvalue weighted by Gasteiger charge is -2.50. The summed E-state index contributed by atoms with van der Waals surface area (Å²) in [4.78, 5) is 62.5. The summed E-state index contributed by atoms with van der Waals surface area (Å²) < 4.78 is 50.8. The van der Waals surface area contributed by atoms with E-state index in [2.05, 4.69) is 15.1 Å². The molecule has 4 aromatic rings. The van der Waals surface area contributed by atoms with E-state index in [1.165, 1.54) is 4.90 Å². The summed E-state index contributed by atoms with van der Waals surface area (Å²) in [6.45, 7) is 4.47. The van der Waals surface area contributed by atoms with E-state index in [4.69, 9.17) is 4.74 Å². The van der Waals surface area contributed by atoms with Crippen LogP contribution in [0.3, 0.4) is 0 Å². The molecule has 0 unspecified atom stereocenters. The monoisotopic (exact) mass is 792 g/mol. The van der Waals surface area contributed by atoms with E-state index in [0.29, 0.717) is 48.8 Å². The summed E-state index contributed by atoms with van der Waals surface area (Å²) in [5, 5.41) is 12.5. The first-order chi connectivity index (χ1) is 27.9. The van der Waals surface area contributed by atoms with E-state index >= 15 is 4.79 Å². The average molecular weight is 793 g/mol. The van der Waals surface area contributed by atoms with Crippen molar-refractivity contribution in [2.45, 2.75) is 37.5 Å².